The summed E-state index contributed by atoms with van der Waals surface area (Å²) in [6.07, 6.45) is -2.35. The van der Waals surface area contributed by atoms with Gasteiger partial charge in [-0.15, -0.1) is 0 Å². The number of fused-ring (bicyclic) bond motifs is 8. The van der Waals surface area contributed by atoms with Gasteiger partial charge in [-0.25, -0.2) is 0 Å². The molecule has 608 valence electrons. The van der Waals surface area contributed by atoms with Gasteiger partial charge in [0, 0.05) is 68.6 Å². The summed E-state index contributed by atoms with van der Waals surface area (Å²) < 4.78 is 112. The predicted molar refractivity (Wildman–Crippen MR) is 469 cm³/mol. The fourth-order valence-corrected chi connectivity index (χ4v) is 15.7. The first-order valence-electron chi connectivity index (χ1n) is 38.8. The molecule has 0 radical (unpaired) electrons. The van der Waals surface area contributed by atoms with Gasteiger partial charge >= 0.3 is 62.9 Å². The molecule has 0 unspecified atom stereocenters. The van der Waals surface area contributed by atoms with E-state index < -0.39 is 60.5 Å². The van der Waals surface area contributed by atoms with Crippen molar-refractivity contribution < 1.29 is 97.3 Å². The molecule has 0 atom stereocenters. The molecular formula is C104H70F6N4O8W2. The minimum atomic E-state index is -4.50. The number of benzene rings is 16. The molecule has 4 N–H and O–H groups in total. The van der Waals surface area contributed by atoms with Gasteiger partial charge in [0.05, 0.1) is 11.1 Å². The van der Waals surface area contributed by atoms with E-state index >= 15 is 0 Å². The Labute approximate surface area is 723 Å². The Kier molecular flexibility index (Phi) is 25.4. The SMILES string of the molecule is Cc1ccc(-c2cc(-c3ccc(C)cc3)c3cccnc3c2O)cc1.Oc1c(-c2ccc(C(F)(F)F)cc2)cc(-c2ccc(C(F)(F)F)cc2)c2cccnc12.Oc1c(-c2cccc3ccccc23)cc(-c2cccc3ccccc23)c2cccnc12.Oc1c(-c2cccc3ccccc23)cc(-c2cccc3ccccc23)c2cccnc12.[O]=[W]=[O].[O]=[W]=[O]. The topological polar surface area (TPSA) is 201 Å². The van der Waals surface area contributed by atoms with Crippen LogP contribution in [0.2, 0.25) is 0 Å². The van der Waals surface area contributed by atoms with Crippen LogP contribution in [0.3, 0.4) is 0 Å². The second-order valence-electron chi connectivity index (χ2n) is 29.0. The van der Waals surface area contributed by atoms with Crippen LogP contribution >= 0.6 is 0 Å². The number of aromatic nitrogens is 4. The number of halogens is 6. The van der Waals surface area contributed by atoms with Gasteiger partial charge in [0.2, 0.25) is 0 Å². The van der Waals surface area contributed by atoms with Gasteiger partial charge in [0.15, 0.2) is 0 Å². The summed E-state index contributed by atoms with van der Waals surface area (Å²) in [5.41, 5.74) is 16.3. The number of hydrogen-bond donors (Lipinski definition) is 4. The van der Waals surface area contributed by atoms with Crippen LogP contribution in [0.4, 0.5) is 26.3 Å². The molecule has 0 fully saturated rings. The average molecular weight is 1990 g/mol. The summed E-state index contributed by atoms with van der Waals surface area (Å²) in [5.74, 6) is 0.438. The molecule has 124 heavy (non-hydrogen) atoms. The van der Waals surface area contributed by atoms with E-state index in [1.54, 1.807) is 30.7 Å². The summed E-state index contributed by atoms with van der Waals surface area (Å²) in [6, 6.07) is 107. The Balaban J connectivity index is 0.000000126. The van der Waals surface area contributed by atoms with Gasteiger partial charge in [-0.3, -0.25) is 19.9 Å². The van der Waals surface area contributed by atoms with Crippen molar-refractivity contribution in [2.24, 2.45) is 0 Å². The monoisotopic (exact) mass is 1980 g/mol. The molecule has 0 aliphatic heterocycles. The van der Waals surface area contributed by atoms with Crippen molar-refractivity contribution in [1.29, 1.82) is 0 Å². The van der Waals surface area contributed by atoms with Gasteiger partial charge in [0.25, 0.3) is 0 Å². The third-order valence-corrected chi connectivity index (χ3v) is 21.6. The van der Waals surface area contributed by atoms with Crippen molar-refractivity contribution in [1.82, 2.24) is 19.9 Å². The van der Waals surface area contributed by atoms with E-state index in [1.807, 2.05) is 84.9 Å². The van der Waals surface area contributed by atoms with Crippen LogP contribution in [0.25, 0.3) is 176 Å². The number of aromatic hydroxyl groups is 4. The van der Waals surface area contributed by atoms with Crippen molar-refractivity contribution in [3.8, 4) is 112 Å². The minimum absolute atomic E-state index is 0.190. The van der Waals surface area contributed by atoms with Gasteiger partial charge < -0.3 is 20.4 Å². The molecule has 0 amide bonds. The maximum absolute atomic E-state index is 12.9. The van der Waals surface area contributed by atoms with Gasteiger partial charge in [-0.1, -0.05) is 278 Å². The third kappa shape index (κ3) is 17.9. The second kappa shape index (κ2) is 37.3. The number of alkyl halides is 6. The molecule has 0 saturated heterocycles. The number of phenols is 4. The van der Waals surface area contributed by atoms with Crippen LogP contribution in [0.15, 0.2) is 365 Å². The Morgan fingerprint density at radius 2 is 0.435 bits per heavy atom. The standard InChI is InChI=1S/2C29H19NO.C23H13F6NO.C23H19NO.4O.2W/c2*31-29-27(24-15-6-11-20-9-2-4-13-22(20)24)18-26(25-16-7-17-30-28(25)29)23-14-5-10-19-8-1-3-12-21(19)23;24-22(25,26)15-7-3-13(4-8-15)18-12-19(21(31)20-17(18)2-1-11-30-20)14-5-9-16(10-6-14)23(27,28)29;1-15-5-9-17(10-6-15)20-14-21(18-11-7-16(2)8-12-18)23(25)22-19(20)4-3-13-24-22;;;;;;/h2*1-18,31H;1-12,31H;3-14,25H,1-2H3;;;;;;. The van der Waals surface area contributed by atoms with Gasteiger partial charge in [-0.2, -0.15) is 26.3 Å². The molecule has 12 nitrogen and oxygen atoms in total. The quantitative estimate of drug-likeness (QED) is 0.105. The fraction of sp³-hybridized carbons (Fsp3) is 0.0385. The number of nitrogens with zero attached hydrogens (tertiary/aromatic N) is 4. The average Bonchev–Trinajstić information content (AvgIpc) is 0.760. The molecule has 20 aromatic rings. The number of pyridine rings is 4. The Bertz CT molecular complexity index is 7200. The normalized spacial score (nSPS) is 11.2. The second-order valence-corrected chi connectivity index (χ2v) is 30.0. The van der Waals surface area contributed by atoms with E-state index in [0.29, 0.717) is 38.6 Å². The number of aryl methyl sites for hydroxylation is 2. The van der Waals surface area contributed by atoms with Crippen molar-refractivity contribution >= 4 is 86.7 Å². The summed E-state index contributed by atoms with van der Waals surface area (Å²) in [6.45, 7) is 4.14. The van der Waals surface area contributed by atoms with Crippen molar-refractivity contribution in [3.05, 3.63) is 387 Å². The van der Waals surface area contributed by atoms with Crippen LogP contribution in [0.1, 0.15) is 22.3 Å². The van der Waals surface area contributed by atoms with Crippen LogP contribution in [0.5, 0.6) is 23.0 Å². The zero-order valence-electron chi connectivity index (χ0n) is 65.9. The molecule has 20 rings (SSSR count). The molecule has 0 aliphatic rings. The maximum atomic E-state index is 12.9. The first kappa shape index (κ1) is 84.6. The first-order valence-corrected chi connectivity index (χ1v) is 43.6. The van der Waals surface area contributed by atoms with Crippen LogP contribution in [-0.2, 0) is 62.9 Å². The summed E-state index contributed by atoms with van der Waals surface area (Å²) in [7, 11) is 0. The van der Waals surface area contributed by atoms with Gasteiger partial charge in [0.1, 0.15) is 45.1 Å². The van der Waals surface area contributed by atoms with Crippen molar-refractivity contribution in [2.45, 2.75) is 26.2 Å². The first-order chi connectivity index (χ1) is 60.1. The molecule has 4 aromatic heterocycles. The molecule has 0 saturated carbocycles. The molecule has 20 heteroatoms. The third-order valence-electron chi connectivity index (χ3n) is 21.6. The predicted octanol–water partition coefficient (Wildman–Crippen LogP) is 27.9. The molecule has 0 bridgehead atoms. The molecule has 4 heterocycles. The van der Waals surface area contributed by atoms with Crippen molar-refractivity contribution in [2.75, 3.05) is 0 Å². The number of phenolic OH excluding ortho intramolecular Hbond substituents is 4. The fourth-order valence-electron chi connectivity index (χ4n) is 15.7. The molecule has 0 aliphatic carbocycles. The van der Waals surface area contributed by atoms with E-state index in [9.17, 15) is 46.8 Å². The number of rotatable bonds is 8. The Hall–Kier alpha value is -14.4. The van der Waals surface area contributed by atoms with E-state index in [0.717, 1.165) is 129 Å². The van der Waals surface area contributed by atoms with Crippen LogP contribution in [0, 0.1) is 13.8 Å². The Morgan fingerprint density at radius 3 is 0.710 bits per heavy atom. The zero-order valence-corrected chi connectivity index (χ0v) is 71.8. The van der Waals surface area contributed by atoms with E-state index in [4.69, 9.17) is 13.6 Å². The van der Waals surface area contributed by atoms with Crippen LogP contribution < -0.4 is 0 Å². The summed E-state index contributed by atoms with van der Waals surface area (Å²) in [4.78, 5) is 17.7. The zero-order chi connectivity index (χ0) is 86.8. The molecule has 0 spiro atoms. The number of hydrogen-bond acceptors (Lipinski definition) is 12. The van der Waals surface area contributed by atoms with Crippen molar-refractivity contribution in [3.63, 3.8) is 0 Å². The summed E-state index contributed by atoms with van der Waals surface area (Å²) >= 11 is -4.50. The molecular weight excluding hydrogens is 1910 g/mol. The van der Waals surface area contributed by atoms with E-state index in [1.165, 1.54) is 69.2 Å². The Morgan fingerprint density at radius 1 is 0.226 bits per heavy atom. The van der Waals surface area contributed by atoms with E-state index in [2.05, 4.69) is 222 Å². The molecule has 16 aromatic carbocycles. The van der Waals surface area contributed by atoms with Crippen LogP contribution in [-0.4, -0.2) is 40.4 Å². The van der Waals surface area contributed by atoms with Gasteiger partial charge in [-0.05, 0) is 196 Å². The summed E-state index contributed by atoms with van der Waals surface area (Å²) in [5, 5.41) is 56.7. The van der Waals surface area contributed by atoms with E-state index in [-0.39, 0.29) is 34.1 Å².